The molecule has 0 unspecified atom stereocenters. The number of aryl methyl sites for hydroxylation is 1. The fourth-order valence-corrected chi connectivity index (χ4v) is 0.922. The number of hydrogen-bond donors (Lipinski definition) is 1. The molecule has 0 aliphatic carbocycles. The molecule has 0 bridgehead atoms. The van der Waals surface area contributed by atoms with Crippen molar-refractivity contribution in [3.05, 3.63) is 11.6 Å². The SMILES string of the molecule is CCOc1oc(C)nc1C(N)=S. The minimum Gasteiger partial charge on any atom is -0.464 e. The second kappa shape index (κ2) is 3.53. The summed E-state index contributed by atoms with van der Waals surface area (Å²) in [6.45, 7) is 4.07. The van der Waals surface area contributed by atoms with Crippen LogP contribution in [-0.4, -0.2) is 16.6 Å². The van der Waals surface area contributed by atoms with E-state index < -0.39 is 0 Å². The molecule has 0 fully saturated rings. The van der Waals surface area contributed by atoms with Crippen LogP contribution >= 0.6 is 12.2 Å². The maximum Gasteiger partial charge on any atom is 0.316 e. The van der Waals surface area contributed by atoms with Crippen LogP contribution in [0.5, 0.6) is 5.95 Å². The number of ether oxygens (including phenoxy) is 1. The molecule has 1 aromatic rings. The first-order valence-electron chi connectivity index (χ1n) is 3.55. The van der Waals surface area contributed by atoms with E-state index in [4.69, 9.17) is 27.1 Å². The number of rotatable bonds is 3. The maximum atomic E-state index is 5.39. The summed E-state index contributed by atoms with van der Waals surface area (Å²) in [7, 11) is 0. The third kappa shape index (κ3) is 1.73. The quantitative estimate of drug-likeness (QED) is 0.714. The highest BCUT2D eigenvalue weighted by Gasteiger charge is 2.13. The molecular formula is C7H10N2O2S. The molecule has 0 atom stereocenters. The molecule has 0 spiro atoms. The second-order valence-electron chi connectivity index (χ2n) is 2.17. The number of oxazole rings is 1. The van der Waals surface area contributed by atoms with E-state index in [1.54, 1.807) is 6.92 Å². The van der Waals surface area contributed by atoms with E-state index in [9.17, 15) is 0 Å². The number of hydrogen-bond acceptors (Lipinski definition) is 4. The Bertz CT molecular complexity index is 296. The Morgan fingerprint density at radius 3 is 2.92 bits per heavy atom. The van der Waals surface area contributed by atoms with Crippen molar-refractivity contribution in [2.75, 3.05) is 6.61 Å². The van der Waals surface area contributed by atoms with Gasteiger partial charge < -0.3 is 14.9 Å². The van der Waals surface area contributed by atoms with Crippen LogP contribution in [0, 0.1) is 6.92 Å². The summed E-state index contributed by atoms with van der Waals surface area (Å²) in [6.07, 6.45) is 0. The van der Waals surface area contributed by atoms with Gasteiger partial charge in [0.25, 0.3) is 0 Å². The molecule has 0 aromatic carbocycles. The van der Waals surface area contributed by atoms with Gasteiger partial charge in [-0.25, -0.2) is 4.98 Å². The molecule has 2 N–H and O–H groups in total. The number of thiocarbonyl (C=S) groups is 1. The average molecular weight is 186 g/mol. The van der Waals surface area contributed by atoms with E-state index in [1.165, 1.54) is 0 Å². The van der Waals surface area contributed by atoms with Crippen LogP contribution in [-0.2, 0) is 0 Å². The molecule has 0 aliphatic heterocycles. The van der Waals surface area contributed by atoms with Gasteiger partial charge >= 0.3 is 5.95 Å². The molecule has 0 radical (unpaired) electrons. The highest BCUT2D eigenvalue weighted by Crippen LogP contribution is 2.19. The Balaban J connectivity index is 2.99. The third-order valence-corrected chi connectivity index (χ3v) is 1.41. The van der Waals surface area contributed by atoms with Crippen molar-refractivity contribution in [2.45, 2.75) is 13.8 Å². The van der Waals surface area contributed by atoms with Crippen LogP contribution in [0.4, 0.5) is 0 Å². The Labute approximate surface area is 75.7 Å². The predicted molar refractivity (Wildman–Crippen MR) is 48.3 cm³/mol. The topological polar surface area (TPSA) is 61.3 Å². The van der Waals surface area contributed by atoms with Crippen LogP contribution in [0.1, 0.15) is 18.5 Å². The number of aromatic nitrogens is 1. The predicted octanol–water partition coefficient (Wildman–Crippen LogP) is 1.02. The van der Waals surface area contributed by atoms with Gasteiger partial charge in [-0.2, -0.15) is 0 Å². The van der Waals surface area contributed by atoms with Crippen LogP contribution in [0.25, 0.3) is 0 Å². The largest absolute Gasteiger partial charge is 0.464 e. The molecule has 0 saturated carbocycles. The Kier molecular flexibility index (Phi) is 2.65. The molecule has 1 heterocycles. The molecule has 12 heavy (non-hydrogen) atoms. The van der Waals surface area contributed by atoms with Crippen molar-refractivity contribution < 1.29 is 9.15 Å². The zero-order valence-electron chi connectivity index (χ0n) is 6.96. The van der Waals surface area contributed by atoms with E-state index in [0.717, 1.165) is 0 Å². The van der Waals surface area contributed by atoms with Gasteiger partial charge in [0.1, 0.15) is 4.99 Å². The number of nitrogens with two attached hydrogens (primary N) is 1. The van der Waals surface area contributed by atoms with E-state index in [2.05, 4.69) is 4.98 Å². The summed E-state index contributed by atoms with van der Waals surface area (Å²) >= 11 is 4.75. The molecule has 0 amide bonds. The molecular weight excluding hydrogens is 176 g/mol. The lowest BCUT2D eigenvalue weighted by atomic mass is 10.5. The van der Waals surface area contributed by atoms with Crippen LogP contribution in [0.2, 0.25) is 0 Å². The lowest BCUT2D eigenvalue weighted by Crippen LogP contribution is -2.11. The molecule has 0 saturated heterocycles. The van der Waals surface area contributed by atoms with Gasteiger partial charge in [0.2, 0.25) is 0 Å². The Morgan fingerprint density at radius 2 is 2.42 bits per heavy atom. The third-order valence-electron chi connectivity index (χ3n) is 1.21. The smallest absolute Gasteiger partial charge is 0.316 e. The molecule has 66 valence electrons. The molecule has 1 rings (SSSR count). The first kappa shape index (κ1) is 8.99. The minimum atomic E-state index is 0.190. The fraction of sp³-hybridized carbons (Fsp3) is 0.429. The summed E-state index contributed by atoms with van der Waals surface area (Å²) < 4.78 is 10.2. The summed E-state index contributed by atoms with van der Waals surface area (Å²) in [4.78, 5) is 4.16. The molecule has 4 nitrogen and oxygen atoms in total. The summed E-state index contributed by atoms with van der Waals surface area (Å²) in [6, 6.07) is 0. The average Bonchev–Trinajstić information content (AvgIpc) is 2.32. The minimum absolute atomic E-state index is 0.190. The van der Waals surface area contributed by atoms with Gasteiger partial charge in [-0.3, -0.25) is 0 Å². The Hall–Kier alpha value is -1.10. The van der Waals surface area contributed by atoms with Crippen LogP contribution in [0.15, 0.2) is 4.42 Å². The lowest BCUT2D eigenvalue weighted by Gasteiger charge is -1.97. The molecule has 1 aromatic heterocycles. The lowest BCUT2D eigenvalue weighted by molar-refractivity contribution is 0.252. The molecule has 0 aliphatic rings. The molecule has 5 heteroatoms. The van der Waals surface area contributed by atoms with Crippen molar-refractivity contribution >= 4 is 17.2 Å². The van der Waals surface area contributed by atoms with Gasteiger partial charge in [-0.15, -0.1) is 0 Å². The van der Waals surface area contributed by atoms with Gasteiger partial charge in [0.05, 0.1) is 6.61 Å². The van der Waals surface area contributed by atoms with E-state index >= 15 is 0 Å². The van der Waals surface area contributed by atoms with Crippen LogP contribution < -0.4 is 10.5 Å². The van der Waals surface area contributed by atoms with E-state index in [1.807, 2.05) is 6.92 Å². The van der Waals surface area contributed by atoms with Gasteiger partial charge in [0.15, 0.2) is 11.6 Å². The van der Waals surface area contributed by atoms with Crippen molar-refractivity contribution in [3.63, 3.8) is 0 Å². The van der Waals surface area contributed by atoms with Crippen molar-refractivity contribution in [1.29, 1.82) is 0 Å². The second-order valence-corrected chi connectivity index (χ2v) is 2.61. The highest BCUT2D eigenvalue weighted by atomic mass is 32.1. The monoisotopic (exact) mass is 186 g/mol. The number of nitrogens with zero attached hydrogens (tertiary/aromatic N) is 1. The van der Waals surface area contributed by atoms with Gasteiger partial charge in [-0.05, 0) is 6.92 Å². The van der Waals surface area contributed by atoms with Gasteiger partial charge in [0, 0.05) is 6.92 Å². The fourth-order valence-electron chi connectivity index (χ4n) is 0.793. The summed E-state index contributed by atoms with van der Waals surface area (Å²) in [5.74, 6) is 0.809. The zero-order valence-corrected chi connectivity index (χ0v) is 7.77. The maximum absolute atomic E-state index is 5.39. The standard InChI is InChI=1S/C7H10N2O2S/c1-3-10-7-5(6(8)12)9-4(2)11-7/h3H2,1-2H3,(H2,8,12). The highest BCUT2D eigenvalue weighted by molar-refractivity contribution is 7.80. The van der Waals surface area contributed by atoms with E-state index in [-0.39, 0.29) is 4.99 Å². The van der Waals surface area contributed by atoms with Crippen molar-refractivity contribution in [1.82, 2.24) is 4.98 Å². The summed E-state index contributed by atoms with van der Waals surface area (Å²) in [5.41, 5.74) is 5.81. The van der Waals surface area contributed by atoms with Gasteiger partial charge in [-0.1, -0.05) is 12.2 Å². The van der Waals surface area contributed by atoms with Crippen LogP contribution in [0.3, 0.4) is 0 Å². The zero-order chi connectivity index (χ0) is 9.14. The first-order chi connectivity index (χ1) is 5.65. The normalized spacial score (nSPS) is 9.83. The van der Waals surface area contributed by atoms with Crippen molar-refractivity contribution in [3.8, 4) is 5.95 Å². The first-order valence-corrected chi connectivity index (χ1v) is 3.96. The van der Waals surface area contributed by atoms with E-state index in [0.29, 0.717) is 24.1 Å². The van der Waals surface area contributed by atoms with Crippen molar-refractivity contribution in [2.24, 2.45) is 5.73 Å². The Morgan fingerprint density at radius 1 is 1.75 bits per heavy atom. The summed E-state index contributed by atoms with van der Waals surface area (Å²) in [5, 5.41) is 0.